The van der Waals surface area contributed by atoms with E-state index in [4.69, 9.17) is 0 Å². The van der Waals surface area contributed by atoms with Crippen LogP contribution >= 0.6 is 0 Å². The SMILES string of the molecule is C/C(=N\NC(=O)c1cccc(C)c1O)c1ccc([N+](=O)[O-])cc1. The van der Waals surface area contributed by atoms with Crippen LogP contribution in [0.1, 0.15) is 28.4 Å². The Morgan fingerprint density at radius 1 is 1.22 bits per heavy atom. The number of rotatable bonds is 4. The maximum atomic E-state index is 12.0. The minimum atomic E-state index is -0.535. The Morgan fingerprint density at radius 2 is 1.87 bits per heavy atom. The highest BCUT2D eigenvalue weighted by Gasteiger charge is 2.12. The van der Waals surface area contributed by atoms with Crippen LogP contribution in [0.3, 0.4) is 0 Å². The minimum Gasteiger partial charge on any atom is -0.507 e. The van der Waals surface area contributed by atoms with Gasteiger partial charge in [0.15, 0.2) is 0 Å². The molecule has 118 valence electrons. The van der Waals surface area contributed by atoms with Gasteiger partial charge in [0.05, 0.1) is 16.2 Å². The third-order valence-electron chi connectivity index (χ3n) is 3.30. The lowest BCUT2D eigenvalue weighted by molar-refractivity contribution is -0.384. The number of nitro groups is 1. The van der Waals surface area contributed by atoms with Crippen LogP contribution in [-0.2, 0) is 0 Å². The Hall–Kier alpha value is -3.22. The van der Waals surface area contributed by atoms with Crippen molar-refractivity contribution in [2.45, 2.75) is 13.8 Å². The van der Waals surface area contributed by atoms with Gasteiger partial charge >= 0.3 is 0 Å². The van der Waals surface area contributed by atoms with Gasteiger partial charge in [0.2, 0.25) is 0 Å². The summed E-state index contributed by atoms with van der Waals surface area (Å²) in [5.74, 6) is -0.624. The zero-order chi connectivity index (χ0) is 17.0. The van der Waals surface area contributed by atoms with Gasteiger partial charge in [-0.2, -0.15) is 5.10 Å². The monoisotopic (exact) mass is 313 g/mol. The molecule has 0 unspecified atom stereocenters. The molecule has 0 spiro atoms. The Bertz CT molecular complexity index is 782. The van der Waals surface area contributed by atoms with Crippen LogP contribution in [0.15, 0.2) is 47.6 Å². The molecule has 0 heterocycles. The number of phenols is 1. The highest BCUT2D eigenvalue weighted by molar-refractivity contribution is 6.01. The number of non-ortho nitro benzene ring substituents is 1. The van der Waals surface area contributed by atoms with E-state index in [2.05, 4.69) is 10.5 Å². The summed E-state index contributed by atoms with van der Waals surface area (Å²) in [7, 11) is 0. The number of amides is 1. The standard InChI is InChI=1S/C16H15N3O4/c1-10-4-3-5-14(15(10)20)16(21)18-17-11(2)12-6-8-13(9-7-12)19(22)23/h3-9,20H,1-2H3,(H,18,21)/b17-11+. The molecule has 0 radical (unpaired) electrons. The number of carbonyl (C=O) groups excluding carboxylic acids is 1. The fourth-order valence-electron chi connectivity index (χ4n) is 1.93. The number of para-hydroxylation sites is 1. The van der Waals surface area contributed by atoms with E-state index in [0.29, 0.717) is 16.8 Å². The quantitative estimate of drug-likeness (QED) is 0.514. The molecular weight excluding hydrogens is 298 g/mol. The van der Waals surface area contributed by atoms with Gasteiger partial charge in [-0.1, -0.05) is 12.1 Å². The van der Waals surface area contributed by atoms with Crippen LogP contribution in [0.5, 0.6) is 5.75 Å². The van der Waals surface area contributed by atoms with Gasteiger partial charge in [-0.15, -0.1) is 0 Å². The van der Waals surface area contributed by atoms with Gasteiger partial charge in [0.1, 0.15) is 5.75 Å². The summed E-state index contributed by atoms with van der Waals surface area (Å²) in [6, 6.07) is 10.7. The van der Waals surface area contributed by atoms with Gasteiger partial charge in [0.25, 0.3) is 11.6 Å². The Balaban J connectivity index is 2.14. The highest BCUT2D eigenvalue weighted by atomic mass is 16.6. The summed E-state index contributed by atoms with van der Waals surface area (Å²) >= 11 is 0. The first kappa shape index (κ1) is 16.2. The summed E-state index contributed by atoms with van der Waals surface area (Å²) in [5.41, 5.74) is 4.19. The van der Waals surface area contributed by atoms with Crippen molar-refractivity contribution in [1.29, 1.82) is 0 Å². The predicted molar refractivity (Wildman–Crippen MR) is 85.6 cm³/mol. The lowest BCUT2D eigenvalue weighted by atomic mass is 10.1. The Kier molecular flexibility index (Phi) is 4.70. The van der Waals surface area contributed by atoms with Gasteiger partial charge in [-0.05, 0) is 43.2 Å². The normalized spacial score (nSPS) is 11.1. The van der Waals surface area contributed by atoms with E-state index in [0.717, 1.165) is 0 Å². The van der Waals surface area contributed by atoms with Crippen LogP contribution in [-0.4, -0.2) is 21.6 Å². The first-order valence-corrected chi connectivity index (χ1v) is 6.78. The summed E-state index contributed by atoms with van der Waals surface area (Å²) in [6.07, 6.45) is 0. The molecule has 1 amide bonds. The molecule has 0 aliphatic carbocycles. The third-order valence-corrected chi connectivity index (χ3v) is 3.30. The molecule has 2 aromatic rings. The Labute approximate surface area is 132 Å². The van der Waals surface area contributed by atoms with Crippen LogP contribution < -0.4 is 5.43 Å². The smallest absolute Gasteiger partial charge is 0.275 e. The van der Waals surface area contributed by atoms with Gasteiger partial charge in [0, 0.05) is 12.1 Å². The molecule has 0 aliphatic rings. The molecule has 2 aromatic carbocycles. The number of aromatic hydroxyl groups is 1. The number of hydrazone groups is 1. The number of phenolic OH excluding ortho intramolecular Hbond substituents is 1. The second kappa shape index (κ2) is 6.69. The molecule has 0 saturated heterocycles. The number of aryl methyl sites for hydroxylation is 1. The highest BCUT2D eigenvalue weighted by Crippen LogP contribution is 2.21. The fraction of sp³-hybridized carbons (Fsp3) is 0.125. The maximum Gasteiger partial charge on any atom is 0.275 e. The summed E-state index contributed by atoms with van der Waals surface area (Å²) < 4.78 is 0. The van der Waals surface area contributed by atoms with Crippen molar-refractivity contribution in [3.8, 4) is 5.75 Å². The molecule has 0 aromatic heterocycles. The van der Waals surface area contributed by atoms with Crippen molar-refractivity contribution in [2.24, 2.45) is 5.10 Å². The van der Waals surface area contributed by atoms with Crippen molar-refractivity contribution >= 4 is 17.3 Å². The van der Waals surface area contributed by atoms with E-state index in [1.54, 1.807) is 38.1 Å². The van der Waals surface area contributed by atoms with Crippen molar-refractivity contribution in [1.82, 2.24) is 5.43 Å². The number of benzene rings is 2. The molecule has 23 heavy (non-hydrogen) atoms. The molecule has 2 rings (SSSR count). The lowest BCUT2D eigenvalue weighted by Gasteiger charge is -2.06. The lowest BCUT2D eigenvalue weighted by Crippen LogP contribution is -2.19. The molecule has 7 nitrogen and oxygen atoms in total. The number of hydrogen-bond acceptors (Lipinski definition) is 5. The number of carbonyl (C=O) groups is 1. The van der Waals surface area contributed by atoms with Crippen molar-refractivity contribution in [3.63, 3.8) is 0 Å². The second-order valence-electron chi connectivity index (χ2n) is 4.91. The largest absolute Gasteiger partial charge is 0.507 e. The number of nitro benzene ring substituents is 1. The van der Waals surface area contributed by atoms with E-state index in [1.807, 2.05) is 0 Å². The average molecular weight is 313 g/mol. The van der Waals surface area contributed by atoms with Gasteiger partial charge in [-0.3, -0.25) is 14.9 Å². The van der Waals surface area contributed by atoms with Crippen LogP contribution in [0.4, 0.5) is 5.69 Å². The van der Waals surface area contributed by atoms with Crippen LogP contribution in [0.25, 0.3) is 0 Å². The first-order valence-electron chi connectivity index (χ1n) is 6.78. The zero-order valence-electron chi connectivity index (χ0n) is 12.6. The molecule has 0 saturated carbocycles. The van der Waals surface area contributed by atoms with Gasteiger partial charge < -0.3 is 5.11 Å². The van der Waals surface area contributed by atoms with E-state index in [1.165, 1.54) is 18.2 Å². The summed E-state index contributed by atoms with van der Waals surface area (Å²) in [5, 5.41) is 24.4. The number of nitrogens with zero attached hydrogens (tertiary/aromatic N) is 2. The minimum absolute atomic E-state index is 0.0183. The van der Waals surface area contributed by atoms with Gasteiger partial charge in [-0.25, -0.2) is 5.43 Å². The predicted octanol–water partition coefficient (Wildman–Crippen LogP) is 2.76. The molecule has 7 heteroatoms. The average Bonchev–Trinajstić information content (AvgIpc) is 2.55. The van der Waals surface area contributed by atoms with E-state index < -0.39 is 10.8 Å². The third kappa shape index (κ3) is 3.70. The van der Waals surface area contributed by atoms with E-state index in [9.17, 15) is 20.0 Å². The van der Waals surface area contributed by atoms with Crippen LogP contribution in [0.2, 0.25) is 0 Å². The zero-order valence-corrected chi connectivity index (χ0v) is 12.6. The van der Waals surface area contributed by atoms with Crippen molar-refractivity contribution in [2.75, 3.05) is 0 Å². The van der Waals surface area contributed by atoms with Crippen molar-refractivity contribution in [3.05, 3.63) is 69.3 Å². The van der Waals surface area contributed by atoms with E-state index in [-0.39, 0.29) is 17.0 Å². The molecule has 0 atom stereocenters. The Morgan fingerprint density at radius 3 is 2.48 bits per heavy atom. The fourth-order valence-corrected chi connectivity index (χ4v) is 1.93. The molecule has 0 aliphatic heterocycles. The van der Waals surface area contributed by atoms with Crippen LogP contribution in [0, 0.1) is 17.0 Å². The summed E-state index contributed by atoms with van der Waals surface area (Å²) in [4.78, 5) is 22.1. The maximum absolute atomic E-state index is 12.0. The van der Waals surface area contributed by atoms with E-state index >= 15 is 0 Å². The molecule has 0 fully saturated rings. The summed E-state index contributed by atoms with van der Waals surface area (Å²) in [6.45, 7) is 3.36. The molecule has 2 N–H and O–H groups in total. The second-order valence-corrected chi connectivity index (χ2v) is 4.91. The molecular formula is C16H15N3O4. The molecule has 0 bridgehead atoms. The first-order chi connectivity index (χ1) is 10.9. The topological polar surface area (TPSA) is 105 Å². The number of hydrogen-bond donors (Lipinski definition) is 2. The van der Waals surface area contributed by atoms with Crippen molar-refractivity contribution < 1.29 is 14.8 Å². The number of nitrogens with one attached hydrogen (secondary N) is 1.